The topological polar surface area (TPSA) is 41.1 Å². The second-order valence-corrected chi connectivity index (χ2v) is 6.33. The average molecular weight is 288 g/mol. The van der Waals surface area contributed by atoms with E-state index in [1.54, 1.807) is 11.3 Å². The summed E-state index contributed by atoms with van der Waals surface area (Å²) in [7, 11) is 0. The molecule has 0 fully saturated rings. The van der Waals surface area contributed by atoms with Crippen LogP contribution in [0.4, 0.5) is 5.69 Å². The van der Waals surface area contributed by atoms with Crippen LogP contribution in [0.15, 0.2) is 47.8 Å². The van der Waals surface area contributed by atoms with E-state index < -0.39 is 0 Å². The van der Waals surface area contributed by atoms with E-state index in [1.807, 2.05) is 30.3 Å². The number of amides is 1. The molecule has 1 amide bonds. The molecule has 0 atom stereocenters. The third kappa shape index (κ3) is 4.18. The van der Waals surface area contributed by atoms with Crippen LogP contribution < -0.4 is 10.6 Å². The van der Waals surface area contributed by atoms with Gasteiger partial charge in [0.25, 0.3) is 0 Å². The molecule has 1 heterocycles. The summed E-state index contributed by atoms with van der Waals surface area (Å²) in [5.41, 5.74) is 0.873. The molecule has 0 spiro atoms. The van der Waals surface area contributed by atoms with Gasteiger partial charge in [0, 0.05) is 22.5 Å². The molecular formula is C16H20N2OS. The Hall–Kier alpha value is -1.65. The molecule has 0 radical (unpaired) electrons. The Bertz CT molecular complexity index is 535. The number of nitrogens with one attached hydrogen (secondary N) is 2. The van der Waals surface area contributed by atoms with E-state index in [0.717, 1.165) is 12.2 Å². The number of carbonyl (C=O) groups excluding carboxylic acids is 1. The fraction of sp³-hybridized carbons (Fsp3) is 0.312. The largest absolute Gasteiger partial charge is 0.325 e. The van der Waals surface area contributed by atoms with Crippen molar-refractivity contribution < 1.29 is 4.79 Å². The number of rotatable bonds is 6. The molecule has 2 N–H and O–H groups in total. The van der Waals surface area contributed by atoms with Gasteiger partial charge in [-0.1, -0.05) is 38.1 Å². The summed E-state index contributed by atoms with van der Waals surface area (Å²) in [5.74, 6) is -0.0156. The monoisotopic (exact) mass is 288 g/mol. The van der Waals surface area contributed by atoms with E-state index in [-0.39, 0.29) is 11.3 Å². The highest BCUT2D eigenvalue weighted by Gasteiger charge is 2.21. The molecule has 0 aliphatic carbocycles. The SMILES string of the molecule is CC(C)(CNCC(=O)Nc1ccccc1)c1cccs1. The number of carbonyl (C=O) groups is 1. The lowest BCUT2D eigenvalue weighted by Crippen LogP contribution is -2.37. The molecule has 20 heavy (non-hydrogen) atoms. The van der Waals surface area contributed by atoms with Crippen LogP contribution in [0, 0.1) is 0 Å². The molecule has 0 unspecified atom stereocenters. The minimum Gasteiger partial charge on any atom is -0.325 e. The van der Waals surface area contributed by atoms with Gasteiger partial charge >= 0.3 is 0 Å². The van der Waals surface area contributed by atoms with E-state index in [1.165, 1.54) is 4.88 Å². The smallest absolute Gasteiger partial charge is 0.238 e. The van der Waals surface area contributed by atoms with Crippen LogP contribution in [0.25, 0.3) is 0 Å². The summed E-state index contributed by atoms with van der Waals surface area (Å²) < 4.78 is 0. The molecular weight excluding hydrogens is 268 g/mol. The molecule has 0 aliphatic heterocycles. The van der Waals surface area contributed by atoms with Crippen molar-refractivity contribution in [2.45, 2.75) is 19.3 Å². The fourth-order valence-electron chi connectivity index (χ4n) is 1.97. The zero-order valence-corrected chi connectivity index (χ0v) is 12.7. The van der Waals surface area contributed by atoms with Crippen molar-refractivity contribution in [2.75, 3.05) is 18.4 Å². The minimum absolute atomic E-state index is 0.0156. The second-order valence-electron chi connectivity index (χ2n) is 5.38. The summed E-state index contributed by atoms with van der Waals surface area (Å²) in [6, 6.07) is 13.7. The van der Waals surface area contributed by atoms with Gasteiger partial charge < -0.3 is 10.6 Å². The van der Waals surface area contributed by atoms with Crippen LogP contribution in [-0.2, 0) is 10.2 Å². The number of anilines is 1. The third-order valence-electron chi connectivity index (χ3n) is 3.10. The highest BCUT2D eigenvalue weighted by atomic mass is 32.1. The molecule has 0 saturated carbocycles. The Morgan fingerprint density at radius 3 is 2.55 bits per heavy atom. The molecule has 1 aromatic heterocycles. The molecule has 1 aromatic carbocycles. The molecule has 106 valence electrons. The van der Waals surface area contributed by atoms with Crippen LogP contribution in [0.2, 0.25) is 0 Å². The van der Waals surface area contributed by atoms with Gasteiger partial charge in [0.2, 0.25) is 5.91 Å². The van der Waals surface area contributed by atoms with E-state index in [0.29, 0.717) is 6.54 Å². The normalized spacial score (nSPS) is 11.3. The summed E-state index contributed by atoms with van der Waals surface area (Å²) in [5, 5.41) is 8.18. The molecule has 0 bridgehead atoms. The average Bonchev–Trinajstić information content (AvgIpc) is 2.94. The highest BCUT2D eigenvalue weighted by molar-refractivity contribution is 7.10. The maximum Gasteiger partial charge on any atom is 0.238 e. The van der Waals surface area contributed by atoms with E-state index in [4.69, 9.17) is 0 Å². The summed E-state index contributed by atoms with van der Waals surface area (Å²) in [6.07, 6.45) is 0. The standard InChI is InChI=1S/C16H20N2OS/c1-16(2,14-9-6-10-20-14)12-17-11-15(19)18-13-7-4-3-5-8-13/h3-10,17H,11-12H2,1-2H3,(H,18,19). The molecule has 0 aliphatic rings. The first kappa shape index (κ1) is 14.8. The van der Waals surface area contributed by atoms with Crippen LogP contribution in [0.1, 0.15) is 18.7 Å². The van der Waals surface area contributed by atoms with E-state index >= 15 is 0 Å². The lowest BCUT2D eigenvalue weighted by atomic mass is 9.91. The van der Waals surface area contributed by atoms with Crippen LogP contribution >= 0.6 is 11.3 Å². The van der Waals surface area contributed by atoms with Crippen molar-refractivity contribution in [3.8, 4) is 0 Å². The van der Waals surface area contributed by atoms with Crippen molar-refractivity contribution in [1.82, 2.24) is 5.32 Å². The maximum atomic E-state index is 11.8. The van der Waals surface area contributed by atoms with E-state index in [2.05, 4.69) is 42.0 Å². The maximum absolute atomic E-state index is 11.8. The van der Waals surface area contributed by atoms with Gasteiger partial charge in [-0.3, -0.25) is 4.79 Å². The minimum atomic E-state index is -0.0156. The zero-order chi connectivity index (χ0) is 14.4. The third-order valence-corrected chi connectivity index (χ3v) is 4.33. The van der Waals surface area contributed by atoms with Crippen molar-refractivity contribution in [1.29, 1.82) is 0 Å². The van der Waals surface area contributed by atoms with E-state index in [9.17, 15) is 4.79 Å². The summed E-state index contributed by atoms with van der Waals surface area (Å²) in [6.45, 7) is 5.46. The van der Waals surface area contributed by atoms with Gasteiger partial charge in [0.1, 0.15) is 0 Å². The molecule has 0 saturated heterocycles. The van der Waals surface area contributed by atoms with Gasteiger partial charge in [-0.25, -0.2) is 0 Å². The molecule has 3 nitrogen and oxygen atoms in total. The summed E-state index contributed by atoms with van der Waals surface area (Å²) in [4.78, 5) is 13.1. The Balaban J connectivity index is 1.77. The lowest BCUT2D eigenvalue weighted by molar-refractivity contribution is -0.115. The predicted octanol–water partition coefficient (Wildman–Crippen LogP) is 3.25. The molecule has 2 rings (SSSR count). The molecule has 4 heteroatoms. The van der Waals surface area contributed by atoms with Crippen molar-refractivity contribution >= 4 is 22.9 Å². The molecule has 2 aromatic rings. The second kappa shape index (κ2) is 6.68. The Morgan fingerprint density at radius 2 is 1.90 bits per heavy atom. The van der Waals surface area contributed by atoms with Crippen molar-refractivity contribution in [3.63, 3.8) is 0 Å². The first-order valence-corrected chi connectivity index (χ1v) is 7.55. The van der Waals surface area contributed by atoms with Crippen LogP contribution in [0.3, 0.4) is 0 Å². The number of hydrogen-bond acceptors (Lipinski definition) is 3. The van der Waals surface area contributed by atoms with Gasteiger partial charge in [-0.2, -0.15) is 0 Å². The number of benzene rings is 1. The zero-order valence-electron chi connectivity index (χ0n) is 11.8. The highest BCUT2D eigenvalue weighted by Crippen LogP contribution is 2.26. The Morgan fingerprint density at radius 1 is 1.15 bits per heavy atom. The predicted molar refractivity (Wildman–Crippen MR) is 85.3 cm³/mol. The fourth-order valence-corrected chi connectivity index (χ4v) is 2.82. The van der Waals surface area contributed by atoms with Crippen molar-refractivity contribution in [3.05, 3.63) is 52.7 Å². The van der Waals surface area contributed by atoms with Gasteiger partial charge in [-0.05, 0) is 23.6 Å². The van der Waals surface area contributed by atoms with Crippen LogP contribution in [-0.4, -0.2) is 19.0 Å². The number of para-hydroxylation sites is 1. The Kier molecular flexibility index (Phi) is 4.93. The number of hydrogen-bond donors (Lipinski definition) is 2. The summed E-state index contributed by atoms with van der Waals surface area (Å²) >= 11 is 1.75. The Labute approximate surface area is 124 Å². The van der Waals surface area contributed by atoms with Crippen molar-refractivity contribution in [2.24, 2.45) is 0 Å². The van der Waals surface area contributed by atoms with Gasteiger partial charge in [0.15, 0.2) is 0 Å². The van der Waals surface area contributed by atoms with Crippen LogP contribution in [0.5, 0.6) is 0 Å². The first-order chi connectivity index (χ1) is 9.58. The quantitative estimate of drug-likeness (QED) is 0.856. The lowest BCUT2D eigenvalue weighted by Gasteiger charge is -2.23. The number of thiophene rings is 1. The van der Waals surface area contributed by atoms with Gasteiger partial charge in [0.05, 0.1) is 6.54 Å². The first-order valence-electron chi connectivity index (χ1n) is 6.67. The van der Waals surface area contributed by atoms with Gasteiger partial charge in [-0.15, -0.1) is 11.3 Å².